The van der Waals surface area contributed by atoms with E-state index in [0.29, 0.717) is 19.3 Å². The zero-order chi connectivity index (χ0) is 47.2. The van der Waals surface area contributed by atoms with Crippen LogP contribution in [0.2, 0.25) is 0 Å². The Kier molecular flexibility index (Phi) is 50.0. The number of carbonyl (C=O) groups is 3. The Bertz CT molecular complexity index is 1310. The summed E-state index contributed by atoms with van der Waals surface area (Å²) >= 11 is 0. The average molecular weight is 903 g/mol. The molecule has 0 aliphatic rings. The van der Waals surface area contributed by atoms with Gasteiger partial charge in [0.2, 0.25) is 0 Å². The van der Waals surface area contributed by atoms with E-state index in [1.54, 1.807) is 0 Å². The lowest BCUT2D eigenvalue weighted by atomic mass is 10.1. The molecule has 1 unspecified atom stereocenters. The van der Waals surface area contributed by atoms with Gasteiger partial charge in [-0.05, 0) is 109 Å². The molecule has 0 spiro atoms. The van der Waals surface area contributed by atoms with E-state index >= 15 is 0 Å². The van der Waals surface area contributed by atoms with E-state index in [4.69, 9.17) is 14.2 Å². The number of hydrogen-bond donors (Lipinski definition) is 0. The molecule has 0 bridgehead atoms. The van der Waals surface area contributed by atoms with Crippen molar-refractivity contribution in [1.82, 2.24) is 0 Å². The lowest BCUT2D eigenvalue weighted by molar-refractivity contribution is -0.167. The van der Waals surface area contributed by atoms with Gasteiger partial charge in [-0.1, -0.05) is 208 Å². The highest BCUT2D eigenvalue weighted by molar-refractivity contribution is 5.71. The summed E-state index contributed by atoms with van der Waals surface area (Å²) in [6.45, 7) is 6.28. The third-order valence-corrected chi connectivity index (χ3v) is 11.1. The predicted octanol–water partition coefficient (Wildman–Crippen LogP) is 17.8. The van der Waals surface area contributed by atoms with Crippen LogP contribution in [0.3, 0.4) is 0 Å². The minimum atomic E-state index is -0.793. The molecule has 0 aliphatic heterocycles. The zero-order valence-electron chi connectivity index (χ0n) is 42.2. The minimum Gasteiger partial charge on any atom is -0.462 e. The minimum absolute atomic E-state index is 0.0913. The van der Waals surface area contributed by atoms with E-state index < -0.39 is 6.10 Å². The smallest absolute Gasteiger partial charge is 0.306 e. The molecule has 0 rings (SSSR count). The molecule has 0 saturated heterocycles. The van der Waals surface area contributed by atoms with E-state index in [1.165, 1.54) is 57.8 Å². The van der Waals surface area contributed by atoms with Gasteiger partial charge in [-0.3, -0.25) is 14.4 Å². The van der Waals surface area contributed by atoms with Gasteiger partial charge in [0.05, 0.1) is 0 Å². The molecule has 0 N–H and O–H groups in total. The van der Waals surface area contributed by atoms with Gasteiger partial charge in [0.25, 0.3) is 0 Å². The number of allylic oxidation sites excluding steroid dienone is 16. The van der Waals surface area contributed by atoms with Crippen molar-refractivity contribution < 1.29 is 28.6 Å². The van der Waals surface area contributed by atoms with Crippen molar-refractivity contribution in [2.24, 2.45) is 0 Å². The highest BCUT2D eigenvalue weighted by Crippen LogP contribution is 2.14. The second-order valence-corrected chi connectivity index (χ2v) is 17.3. The molecular formula is C59H98O6. The Morgan fingerprint density at radius 3 is 0.862 bits per heavy atom. The summed E-state index contributed by atoms with van der Waals surface area (Å²) in [6, 6.07) is 0. The van der Waals surface area contributed by atoms with Gasteiger partial charge in [0, 0.05) is 19.3 Å². The normalized spacial score (nSPS) is 12.8. The SMILES string of the molecule is CC/C=C\C/C=C\C/C=C\CCCCCCCCCCCC(=O)OCC(COC(=O)CCCCCCC/C=C\C/C=C\CC)OC(=O)CCCCCCCC/C=C\C/C=C\C/C=C\CC. The molecule has 0 aromatic carbocycles. The van der Waals surface area contributed by atoms with Crippen LogP contribution >= 0.6 is 0 Å². The monoisotopic (exact) mass is 903 g/mol. The van der Waals surface area contributed by atoms with Gasteiger partial charge in [-0.2, -0.15) is 0 Å². The molecule has 0 amide bonds. The van der Waals surface area contributed by atoms with Crippen LogP contribution in [0.15, 0.2) is 97.2 Å². The molecule has 65 heavy (non-hydrogen) atoms. The van der Waals surface area contributed by atoms with Crippen molar-refractivity contribution in [2.75, 3.05) is 13.2 Å². The maximum absolute atomic E-state index is 12.8. The van der Waals surface area contributed by atoms with Gasteiger partial charge >= 0.3 is 17.9 Å². The average Bonchev–Trinajstić information content (AvgIpc) is 3.30. The summed E-state index contributed by atoms with van der Waals surface area (Å²) in [5.41, 5.74) is 0. The number of unbranched alkanes of at least 4 members (excludes halogenated alkanes) is 20. The molecule has 0 radical (unpaired) electrons. The van der Waals surface area contributed by atoms with E-state index in [1.807, 2.05) is 0 Å². The lowest BCUT2D eigenvalue weighted by Crippen LogP contribution is -2.30. The van der Waals surface area contributed by atoms with Crippen molar-refractivity contribution in [3.63, 3.8) is 0 Å². The Morgan fingerprint density at radius 1 is 0.308 bits per heavy atom. The second-order valence-electron chi connectivity index (χ2n) is 17.3. The Morgan fingerprint density at radius 2 is 0.554 bits per heavy atom. The molecule has 0 saturated carbocycles. The standard InChI is InChI=1S/C59H98O6/c1-4-7-10-13-16-19-22-25-27-29-30-31-33-34-37-40-43-46-49-52-58(61)64-55-56(54-63-57(60)51-48-45-42-39-36-24-21-18-15-12-9-6-3)65-59(62)53-50-47-44-41-38-35-32-28-26-23-20-17-14-11-8-5-2/h7-12,16-21,25-28,56H,4-6,13-15,22-24,29-55H2,1-3H3/b10-7-,11-8-,12-9-,19-16-,20-17-,21-18-,27-25-,28-26-. The van der Waals surface area contributed by atoms with Gasteiger partial charge in [0.15, 0.2) is 6.10 Å². The molecule has 1 atom stereocenters. The molecule has 0 heterocycles. The van der Waals surface area contributed by atoms with Crippen LogP contribution < -0.4 is 0 Å². The van der Waals surface area contributed by atoms with Crippen LogP contribution in [0.4, 0.5) is 0 Å². The molecule has 0 aromatic rings. The van der Waals surface area contributed by atoms with Crippen molar-refractivity contribution in [2.45, 2.75) is 245 Å². The first-order valence-electron chi connectivity index (χ1n) is 26.7. The molecule has 370 valence electrons. The third kappa shape index (κ3) is 51.2. The fraction of sp³-hybridized carbons (Fsp3) is 0.678. The summed E-state index contributed by atoms with van der Waals surface area (Å²) in [4.78, 5) is 38.0. The van der Waals surface area contributed by atoms with Crippen LogP contribution in [0.25, 0.3) is 0 Å². The van der Waals surface area contributed by atoms with Crippen LogP contribution in [0.5, 0.6) is 0 Å². The second kappa shape index (κ2) is 52.9. The summed E-state index contributed by atoms with van der Waals surface area (Å²) in [7, 11) is 0. The molecular weight excluding hydrogens is 805 g/mol. The number of ether oxygens (including phenoxy) is 3. The Balaban J connectivity index is 4.40. The Hall–Kier alpha value is -3.67. The highest BCUT2D eigenvalue weighted by Gasteiger charge is 2.19. The maximum Gasteiger partial charge on any atom is 0.306 e. The van der Waals surface area contributed by atoms with Crippen LogP contribution in [0, 0.1) is 0 Å². The number of esters is 3. The van der Waals surface area contributed by atoms with Gasteiger partial charge < -0.3 is 14.2 Å². The van der Waals surface area contributed by atoms with E-state index in [0.717, 1.165) is 141 Å². The summed E-state index contributed by atoms with van der Waals surface area (Å²) in [5, 5.41) is 0. The van der Waals surface area contributed by atoms with Crippen LogP contribution in [-0.2, 0) is 28.6 Å². The number of rotatable bonds is 47. The Labute approximate surface area is 400 Å². The molecule has 0 fully saturated rings. The molecule has 0 aliphatic carbocycles. The number of carbonyl (C=O) groups excluding carboxylic acids is 3. The molecule has 6 nitrogen and oxygen atoms in total. The van der Waals surface area contributed by atoms with E-state index in [-0.39, 0.29) is 31.1 Å². The van der Waals surface area contributed by atoms with Crippen LogP contribution in [0.1, 0.15) is 239 Å². The van der Waals surface area contributed by atoms with Crippen molar-refractivity contribution in [1.29, 1.82) is 0 Å². The fourth-order valence-corrected chi connectivity index (χ4v) is 7.16. The van der Waals surface area contributed by atoms with Crippen molar-refractivity contribution >= 4 is 17.9 Å². The quantitative estimate of drug-likeness (QED) is 0.0262. The van der Waals surface area contributed by atoms with Gasteiger partial charge in [0.1, 0.15) is 13.2 Å². The summed E-state index contributed by atoms with van der Waals surface area (Å²) in [6.07, 6.45) is 69.6. The van der Waals surface area contributed by atoms with Gasteiger partial charge in [-0.25, -0.2) is 0 Å². The first-order chi connectivity index (χ1) is 32.0. The largest absolute Gasteiger partial charge is 0.462 e. The van der Waals surface area contributed by atoms with Crippen molar-refractivity contribution in [3.8, 4) is 0 Å². The highest BCUT2D eigenvalue weighted by atomic mass is 16.6. The van der Waals surface area contributed by atoms with E-state index in [9.17, 15) is 14.4 Å². The predicted molar refractivity (Wildman–Crippen MR) is 279 cm³/mol. The summed E-state index contributed by atoms with van der Waals surface area (Å²) in [5.74, 6) is -0.926. The van der Waals surface area contributed by atoms with E-state index in [2.05, 4.69) is 118 Å². The number of hydrogen-bond acceptors (Lipinski definition) is 6. The molecule has 6 heteroatoms. The first kappa shape index (κ1) is 61.3. The molecule has 0 aromatic heterocycles. The topological polar surface area (TPSA) is 78.9 Å². The first-order valence-corrected chi connectivity index (χ1v) is 26.7. The third-order valence-electron chi connectivity index (χ3n) is 11.1. The maximum atomic E-state index is 12.8. The van der Waals surface area contributed by atoms with Crippen molar-refractivity contribution in [3.05, 3.63) is 97.2 Å². The zero-order valence-corrected chi connectivity index (χ0v) is 42.2. The van der Waals surface area contributed by atoms with Crippen LogP contribution in [-0.4, -0.2) is 37.2 Å². The van der Waals surface area contributed by atoms with Gasteiger partial charge in [-0.15, -0.1) is 0 Å². The lowest BCUT2D eigenvalue weighted by Gasteiger charge is -2.18. The fourth-order valence-electron chi connectivity index (χ4n) is 7.16. The summed E-state index contributed by atoms with van der Waals surface area (Å²) < 4.78 is 16.8.